The van der Waals surface area contributed by atoms with Crippen molar-refractivity contribution in [2.75, 3.05) is 20.1 Å². The number of carbonyl (C=O) groups is 1. The van der Waals surface area contributed by atoms with Gasteiger partial charge in [0.05, 0.1) is 0 Å². The minimum absolute atomic E-state index is 0.158. The number of hydrogen-bond donors (Lipinski definition) is 2. The molecule has 94 valence electrons. The largest absolute Gasteiger partial charge is 0.334 e. The standard InChI is InChI=1S/C12H20N4O/c1-3-13-7-4-5-8-14-12(17)15-11-6-9-16(2)10-11/h3-5,7-8,11H,6,9-10H2,1-2H3,(H2,14,15,17)/b7-4-,8-5+,13-3-/t11-/m1/s1. The molecule has 1 heterocycles. The van der Waals surface area contributed by atoms with Crippen LogP contribution in [-0.2, 0) is 0 Å². The Kier molecular flexibility index (Phi) is 6.03. The minimum Gasteiger partial charge on any atom is -0.334 e. The van der Waals surface area contributed by atoms with Gasteiger partial charge in [-0.05, 0) is 39.1 Å². The summed E-state index contributed by atoms with van der Waals surface area (Å²) >= 11 is 0. The fraction of sp³-hybridized carbons (Fsp3) is 0.500. The van der Waals surface area contributed by atoms with Gasteiger partial charge in [0.2, 0.25) is 0 Å². The van der Waals surface area contributed by atoms with Crippen LogP contribution in [0, 0.1) is 0 Å². The summed E-state index contributed by atoms with van der Waals surface area (Å²) in [5.41, 5.74) is 0. The summed E-state index contributed by atoms with van der Waals surface area (Å²) in [7, 11) is 2.05. The Labute approximate surface area is 102 Å². The highest BCUT2D eigenvalue weighted by Crippen LogP contribution is 2.05. The second-order valence-electron chi connectivity index (χ2n) is 3.97. The van der Waals surface area contributed by atoms with E-state index in [1.54, 1.807) is 30.8 Å². The van der Waals surface area contributed by atoms with E-state index in [9.17, 15) is 4.79 Å². The molecular formula is C12H20N4O. The summed E-state index contributed by atoms with van der Waals surface area (Å²) in [6, 6.07) is 0.0996. The van der Waals surface area contributed by atoms with Crippen molar-refractivity contribution >= 4 is 12.2 Å². The first kappa shape index (κ1) is 13.4. The lowest BCUT2D eigenvalue weighted by Gasteiger charge is -2.11. The number of nitrogens with one attached hydrogen (secondary N) is 2. The fourth-order valence-electron chi connectivity index (χ4n) is 1.64. The Hall–Kier alpha value is -1.62. The molecule has 5 heteroatoms. The van der Waals surface area contributed by atoms with E-state index < -0.39 is 0 Å². The summed E-state index contributed by atoms with van der Waals surface area (Å²) in [6.07, 6.45) is 9.44. The van der Waals surface area contributed by atoms with Crippen molar-refractivity contribution in [2.24, 2.45) is 4.99 Å². The Morgan fingerprint density at radius 3 is 2.94 bits per heavy atom. The van der Waals surface area contributed by atoms with Crippen LogP contribution < -0.4 is 10.6 Å². The maximum atomic E-state index is 11.4. The highest BCUT2D eigenvalue weighted by atomic mass is 16.2. The molecule has 0 aromatic carbocycles. The van der Waals surface area contributed by atoms with Crippen molar-refractivity contribution in [3.8, 4) is 0 Å². The summed E-state index contributed by atoms with van der Waals surface area (Å²) in [6.45, 7) is 3.80. The first-order chi connectivity index (χ1) is 8.22. The second kappa shape index (κ2) is 7.62. The number of aliphatic imine (C=N–C) groups is 1. The summed E-state index contributed by atoms with van der Waals surface area (Å²) in [5, 5.41) is 5.56. The van der Waals surface area contributed by atoms with E-state index in [0.29, 0.717) is 0 Å². The van der Waals surface area contributed by atoms with Gasteiger partial charge in [-0.15, -0.1) is 0 Å². The van der Waals surface area contributed by atoms with E-state index in [2.05, 4.69) is 27.6 Å². The van der Waals surface area contributed by atoms with Crippen LogP contribution in [0.4, 0.5) is 4.79 Å². The lowest BCUT2D eigenvalue weighted by atomic mass is 10.3. The van der Waals surface area contributed by atoms with Gasteiger partial charge in [-0.3, -0.25) is 4.99 Å². The van der Waals surface area contributed by atoms with E-state index in [1.807, 2.05) is 6.92 Å². The topological polar surface area (TPSA) is 56.7 Å². The average molecular weight is 236 g/mol. The Bertz CT molecular complexity index is 322. The Balaban J connectivity index is 2.17. The van der Waals surface area contributed by atoms with Crippen molar-refractivity contribution in [3.63, 3.8) is 0 Å². The highest BCUT2D eigenvalue weighted by molar-refractivity contribution is 5.75. The summed E-state index contributed by atoms with van der Waals surface area (Å²) in [5.74, 6) is 0. The number of rotatable bonds is 4. The molecular weight excluding hydrogens is 216 g/mol. The molecule has 1 fully saturated rings. The Morgan fingerprint density at radius 2 is 2.29 bits per heavy atom. The molecule has 0 radical (unpaired) electrons. The van der Waals surface area contributed by atoms with Crippen LogP contribution in [0.3, 0.4) is 0 Å². The highest BCUT2D eigenvalue weighted by Gasteiger charge is 2.20. The maximum Gasteiger partial charge on any atom is 0.319 e. The van der Waals surface area contributed by atoms with Gasteiger partial charge in [0.1, 0.15) is 0 Å². The van der Waals surface area contributed by atoms with Gasteiger partial charge >= 0.3 is 6.03 Å². The molecule has 0 saturated carbocycles. The minimum atomic E-state index is -0.158. The monoisotopic (exact) mass is 236 g/mol. The molecule has 0 aromatic heterocycles. The number of amides is 2. The molecule has 0 unspecified atom stereocenters. The average Bonchev–Trinajstić information content (AvgIpc) is 2.69. The molecule has 0 aromatic rings. The molecule has 17 heavy (non-hydrogen) atoms. The third-order valence-corrected chi connectivity index (χ3v) is 2.47. The van der Waals surface area contributed by atoms with Crippen LogP contribution in [0.15, 0.2) is 29.5 Å². The molecule has 2 N–H and O–H groups in total. The predicted molar refractivity (Wildman–Crippen MR) is 70.0 cm³/mol. The number of carbonyl (C=O) groups excluding carboxylic acids is 1. The van der Waals surface area contributed by atoms with Gasteiger partial charge in [-0.25, -0.2) is 4.79 Å². The molecule has 2 amide bonds. The van der Waals surface area contributed by atoms with Crippen LogP contribution in [0.25, 0.3) is 0 Å². The van der Waals surface area contributed by atoms with E-state index in [-0.39, 0.29) is 12.1 Å². The second-order valence-corrected chi connectivity index (χ2v) is 3.97. The molecule has 1 aliphatic rings. The summed E-state index contributed by atoms with van der Waals surface area (Å²) < 4.78 is 0. The molecule has 0 aliphatic carbocycles. The van der Waals surface area contributed by atoms with Crippen molar-refractivity contribution in [1.82, 2.24) is 15.5 Å². The molecule has 1 rings (SSSR count). The number of allylic oxidation sites excluding steroid dienone is 2. The van der Waals surface area contributed by atoms with Gasteiger partial charge in [-0.1, -0.05) is 0 Å². The van der Waals surface area contributed by atoms with Gasteiger partial charge in [0.15, 0.2) is 0 Å². The van der Waals surface area contributed by atoms with Crippen molar-refractivity contribution in [3.05, 3.63) is 24.6 Å². The number of likely N-dealkylation sites (N-methyl/N-ethyl adjacent to an activating group) is 1. The first-order valence-corrected chi connectivity index (χ1v) is 5.77. The van der Waals surface area contributed by atoms with E-state index in [0.717, 1.165) is 19.5 Å². The van der Waals surface area contributed by atoms with Crippen molar-refractivity contribution in [1.29, 1.82) is 0 Å². The Morgan fingerprint density at radius 1 is 1.47 bits per heavy atom. The SMILES string of the molecule is C\C=N/C=C\C=C\NC(=O)N[C@@H]1CCN(C)C1. The molecule has 0 bridgehead atoms. The van der Waals surface area contributed by atoms with Gasteiger partial charge in [0, 0.05) is 31.2 Å². The van der Waals surface area contributed by atoms with Gasteiger partial charge in [0.25, 0.3) is 0 Å². The predicted octanol–water partition coefficient (Wildman–Crippen LogP) is 1.11. The zero-order valence-electron chi connectivity index (χ0n) is 10.4. The first-order valence-electron chi connectivity index (χ1n) is 5.77. The van der Waals surface area contributed by atoms with E-state index in [1.165, 1.54) is 0 Å². The normalized spacial score (nSPS) is 21.9. The van der Waals surface area contributed by atoms with E-state index >= 15 is 0 Å². The quantitative estimate of drug-likeness (QED) is 0.567. The van der Waals surface area contributed by atoms with Crippen LogP contribution in [0.1, 0.15) is 13.3 Å². The van der Waals surface area contributed by atoms with Gasteiger partial charge < -0.3 is 15.5 Å². The molecule has 0 spiro atoms. The van der Waals surface area contributed by atoms with Crippen molar-refractivity contribution in [2.45, 2.75) is 19.4 Å². The molecule has 1 atom stereocenters. The lowest BCUT2D eigenvalue weighted by molar-refractivity contribution is 0.240. The zero-order valence-corrected chi connectivity index (χ0v) is 10.4. The molecule has 1 saturated heterocycles. The smallest absolute Gasteiger partial charge is 0.319 e. The van der Waals surface area contributed by atoms with Gasteiger partial charge in [-0.2, -0.15) is 0 Å². The maximum absolute atomic E-state index is 11.4. The van der Waals surface area contributed by atoms with E-state index in [4.69, 9.17) is 0 Å². The molecule has 5 nitrogen and oxygen atoms in total. The third-order valence-electron chi connectivity index (χ3n) is 2.47. The number of nitrogens with zero attached hydrogens (tertiary/aromatic N) is 2. The number of urea groups is 1. The van der Waals surface area contributed by atoms with Crippen LogP contribution in [0.5, 0.6) is 0 Å². The van der Waals surface area contributed by atoms with Crippen molar-refractivity contribution < 1.29 is 4.79 Å². The fourth-order valence-corrected chi connectivity index (χ4v) is 1.64. The van der Waals surface area contributed by atoms with Crippen LogP contribution in [-0.4, -0.2) is 43.3 Å². The zero-order chi connectivity index (χ0) is 12.5. The molecule has 1 aliphatic heterocycles. The summed E-state index contributed by atoms with van der Waals surface area (Å²) in [4.78, 5) is 17.5. The lowest BCUT2D eigenvalue weighted by Crippen LogP contribution is -2.41. The third kappa shape index (κ3) is 5.87. The van der Waals surface area contributed by atoms with Crippen LogP contribution in [0.2, 0.25) is 0 Å². The number of likely N-dealkylation sites (tertiary alicyclic amines) is 1. The number of hydrogen-bond acceptors (Lipinski definition) is 3. The van der Waals surface area contributed by atoms with Crippen LogP contribution >= 0.6 is 0 Å².